The van der Waals surface area contributed by atoms with Crippen LogP contribution in [0.2, 0.25) is 0 Å². The molecule has 0 aliphatic carbocycles. The first-order valence-electron chi connectivity index (χ1n) is 6.06. The van der Waals surface area contributed by atoms with Gasteiger partial charge in [0.15, 0.2) is 11.6 Å². The zero-order valence-electron chi connectivity index (χ0n) is 9.84. The predicted molar refractivity (Wildman–Crippen MR) is 68.6 cm³/mol. The molecule has 0 bridgehead atoms. The standard InChI is InChI=1S/C15H13F2N/c16-13-5-3-11(9-14(13)17)10-4-6-15-12(8-10)2-1-7-18-15/h3-6,8-9,18H,1-2,7H2. The van der Waals surface area contributed by atoms with E-state index in [1.807, 2.05) is 18.2 Å². The number of aryl methyl sites for hydroxylation is 1. The highest BCUT2D eigenvalue weighted by molar-refractivity contribution is 5.69. The number of anilines is 1. The molecule has 1 aliphatic rings. The van der Waals surface area contributed by atoms with Gasteiger partial charge in [0.25, 0.3) is 0 Å². The minimum absolute atomic E-state index is 0.710. The van der Waals surface area contributed by atoms with Gasteiger partial charge in [-0.05, 0) is 53.8 Å². The second kappa shape index (κ2) is 4.41. The molecule has 1 aliphatic heterocycles. The van der Waals surface area contributed by atoms with E-state index in [9.17, 15) is 8.78 Å². The molecule has 2 aromatic carbocycles. The maximum absolute atomic E-state index is 13.2. The smallest absolute Gasteiger partial charge is 0.159 e. The van der Waals surface area contributed by atoms with Crippen LogP contribution >= 0.6 is 0 Å². The van der Waals surface area contributed by atoms with Crippen LogP contribution in [0.15, 0.2) is 36.4 Å². The summed E-state index contributed by atoms with van der Waals surface area (Å²) in [6.07, 6.45) is 2.13. The van der Waals surface area contributed by atoms with Gasteiger partial charge in [0, 0.05) is 12.2 Å². The Balaban J connectivity index is 2.03. The summed E-state index contributed by atoms with van der Waals surface area (Å²) in [5, 5.41) is 3.33. The van der Waals surface area contributed by atoms with Crippen molar-refractivity contribution in [3.05, 3.63) is 53.6 Å². The largest absolute Gasteiger partial charge is 0.385 e. The van der Waals surface area contributed by atoms with Crippen molar-refractivity contribution in [3.63, 3.8) is 0 Å². The molecular formula is C15H13F2N. The Labute approximate surface area is 104 Å². The van der Waals surface area contributed by atoms with Crippen LogP contribution in [-0.2, 0) is 6.42 Å². The van der Waals surface area contributed by atoms with Crippen LogP contribution in [0.4, 0.5) is 14.5 Å². The number of hydrogen-bond acceptors (Lipinski definition) is 1. The van der Waals surface area contributed by atoms with Crippen LogP contribution in [0.1, 0.15) is 12.0 Å². The van der Waals surface area contributed by atoms with Crippen LogP contribution < -0.4 is 5.32 Å². The Kier molecular flexibility index (Phi) is 2.74. The summed E-state index contributed by atoms with van der Waals surface area (Å²) < 4.78 is 26.1. The summed E-state index contributed by atoms with van der Waals surface area (Å²) in [5.74, 6) is -1.61. The number of halogens is 2. The predicted octanol–water partition coefficient (Wildman–Crippen LogP) is 3.99. The van der Waals surface area contributed by atoms with Gasteiger partial charge in [-0.25, -0.2) is 8.78 Å². The van der Waals surface area contributed by atoms with Crippen LogP contribution in [0.25, 0.3) is 11.1 Å². The lowest BCUT2D eigenvalue weighted by atomic mass is 9.97. The first kappa shape index (κ1) is 11.2. The molecule has 0 radical (unpaired) electrons. The highest BCUT2D eigenvalue weighted by atomic mass is 19.2. The van der Waals surface area contributed by atoms with E-state index in [4.69, 9.17) is 0 Å². The van der Waals surface area contributed by atoms with Gasteiger partial charge in [0.2, 0.25) is 0 Å². The third kappa shape index (κ3) is 1.96. The summed E-state index contributed by atoms with van der Waals surface area (Å²) in [6, 6.07) is 10.0. The molecule has 0 saturated heterocycles. The lowest BCUT2D eigenvalue weighted by molar-refractivity contribution is 0.509. The summed E-state index contributed by atoms with van der Waals surface area (Å²) in [4.78, 5) is 0. The molecule has 0 fully saturated rings. The Bertz CT molecular complexity index is 593. The van der Waals surface area contributed by atoms with Crippen molar-refractivity contribution in [2.75, 3.05) is 11.9 Å². The summed E-state index contributed by atoms with van der Waals surface area (Å²) in [5.41, 5.74) is 4.02. The monoisotopic (exact) mass is 245 g/mol. The molecule has 92 valence electrons. The minimum Gasteiger partial charge on any atom is -0.385 e. The first-order valence-corrected chi connectivity index (χ1v) is 6.06. The van der Waals surface area contributed by atoms with E-state index >= 15 is 0 Å². The fraction of sp³-hybridized carbons (Fsp3) is 0.200. The Hall–Kier alpha value is -1.90. The lowest BCUT2D eigenvalue weighted by Gasteiger charge is -2.18. The summed E-state index contributed by atoms with van der Waals surface area (Å²) in [6.45, 7) is 0.998. The molecule has 1 heterocycles. The van der Waals surface area contributed by atoms with Crippen LogP contribution in [0.3, 0.4) is 0 Å². The Morgan fingerprint density at radius 2 is 1.67 bits per heavy atom. The second-order valence-electron chi connectivity index (χ2n) is 4.53. The molecule has 0 atom stereocenters. The normalized spacial score (nSPS) is 13.9. The summed E-state index contributed by atoms with van der Waals surface area (Å²) in [7, 11) is 0. The molecule has 18 heavy (non-hydrogen) atoms. The van der Waals surface area contributed by atoms with E-state index in [0.717, 1.165) is 30.6 Å². The number of benzene rings is 2. The topological polar surface area (TPSA) is 12.0 Å². The van der Waals surface area contributed by atoms with Crippen LogP contribution in [0.5, 0.6) is 0 Å². The average molecular weight is 245 g/mol. The molecule has 2 aromatic rings. The third-order valence-electron chi connectivity index (χ3n) is 3.30. The number of rotatable bonds is 1. The van der Waals surface area contributed by atoms with Crippen LogP contribution in [0, 0.1) is 11.6 Å². The van der Waals surface area contributed by atoms with E-state index < -0.39 is 11.6 Å². The zero-order valence-corrected chi connectivity index (χ0v) is 9.84. The van der Waals surface area contributed by atoms with Gasteiger partial charge in [-0.15, -0.1) is 0 Å². The summed E-state index contributed by atoms with van der Waals surface area (Å²) >= 11 is 0. The van der Waals surface area contributed by atoms with E-state index in [1.54, 1.807) is 6.07 Å². The SMILES string of the molecule is Fc1ccc(-c2ccc3c(c2)CCCN3)cc1F. The van der Waals surface area contributed by atoms with Crippen molar-refractivity contribution in [1.82, 2.24) is 0 Å². The Morgan fingerprint density at radius 1 is 0.889 bits per heavy atom. The van der Waals surface area contributed by atoms with Crippen molar-refractivity contribution in [3.8, 4) is 11.1 Å². The highest BCUT2D eigenvalue weighted by Gasteiger charge is 2.10. The zero-order chi connectivity index (χ0) is 12.5. The van der Waals surface area contributed by atoms with E-state index in [-0.39, 0.29) is 0 Å². The lowest BCUT2D eigenvalue weighted by Crippen LogP contribution is -2.11. The fourth-order valence-corrected chi connectivity index (χ4v) is 2.33. The van der Waals surface area contributed by atoms with E-state index in [1.165, 1.54) is 17.7 Å². The minimum atomic E-state index is -0.807. The molecule has 3 rings (SSSR count). The molecule has 3 heteroatoms. The van der Waals surface area contributed by atoms with Crippen molar-refractivity contribution in [2.24, 2.45) is 0 Å². The molecule has 0 aromatic heterocycles. The molecule has 1 nitrogen and oxygen atoms in total. The molecular weight excluding hydrogens is 232 g/mol. The van der Waals surface area contributed by atoms with Gasteiger partial charge in [0.05, 0.1) is 0 Å². The molecule has 1 N–H and O–H groups in total. The first-order chi connectivity index (χ1) is 8.74. The van der Waals surface area contributed by atoms with Crippen molar-refractivity contribution < 1.29 is 8.78 Å². The van der Waals surface area contributed by atoms with Crippen LogP contribution in [-0.4, -0.2) is 6.54 Å². The van der Waals surface area contributed by atoms with Crippen molar-refractivity contribution in [2.45, 2.75) is 12.8 Å². The molecule has 0 spiro atoms. The number of hydrogen-bond donors (Lipinski definition) is 1. The second-order valence-corrected chi connectivity index (χ2v) is 4.53. The third-order valence-corrected chi connectivity index (χ3v) is 3.30. The van der Waals surface area contributed by atoms with Crippen molar-refractivity contribution in [1.29, 1.82) is 0 Å². The van der Waals surface area contributed by atoms with Gasteiger partial charge >= 0.3 is 0 Å². The maximum Gasteiger partial charge on any atom is 0.159 e. The van der Waals surface area contributed by atoms with Gasteiger partial charge in [0.1, 0.15) is 0 Å². The van der Waals surface area contributed by atoms with Gasteiger partial charge in [-0.3, -0.25) is 0 Å². The van der Waals surface area contributed by atoms with Gasteiger partial charge < -0.3 is 5.32 Å². The van der Waals surface area contributed by atoms with E-state index in [2.05, 4.69) is 5.32 Å². The molecule has 0 unspecified atom stereocenters. The maximum atomic E-state index is 13.2. The Morgan fingerprint density at radius 3 is 2.50 bits per heavy atom. The van der Waals surface area contributed by atoms with Gasteiger partial charge in [-0.2, -0.15) is 0 Å². The molecule has 0 amide bonds. The number of fused-ring (bicyclic) bond motifs is 1. The van der Waals surface area contributed by atoms with Gasteiger partial charge in [-0.1, -0.05) is 12.1 Å². The fourth-order valence-electron chi connectivity index (χ4n) is 2.33. The quantitative estimate of drug-likeness (QED) is 0.801. The van der Waals surface area contributed by atoms with E-state index in [0.29, 0.717) is 5.56 Å². The highest BCUT2D eigenvalue weighted by Crippen LogP contribution is 2.28. The molecule has 0 saturated carbocycles. The number of nitrogens with one attached hydrogen (secondary N) is 1. The van der Waals surface area contributed by atoms with Crippen molar-refractivity contribution >= 4 is 5.69 Å². The average Bonchev–Trinajstić information content (AvgIpc) is 2.41.